The van der Waals surface area contributed by atoms with Gasteiger partial charge >= 0.3 is 6.03 Å². The Balaban J connectivity index is 1.25. The molecule has 156 valence electrons. The zero-order valence-corrected chi connectivity index (χ0v) is 16.9. The van der Waals surface area contributed by atoms with Gasteiger partial charge in [0.2, 0.25) is 10.0 Å². The number of nitrogens with two attached hydrogens (primary N) is 1. The molecule has 0 atom stereocenters. The van der Waals surface area contributed by atoms with Crippen molar-refractivity contribution in [2.45, 2.75) is 30.1 Å². The van der Waals surface area contributed by atoms with E-state index in [0.717, 1.165) is 29.8 Å². The molecule has 0 bridgehead atoms. The molecule has 0 spiro atoms. The van der Waals surface area contributed by atoms with E-state index >= 15 is 0 Å². The van der Waals surface area contributed by atoms with E-state index in [0.29, 0.717) is 30.4 Å². The van der Waals surface area contributed by atoms with Crippen LogP contribution in [0.5, 0.6) is 0 Å². The van der Waals surface area contributed by atoms with Crippen molar-refractivity contribution in [2.75, 3.05) is 11.9 Å². The normalized spacial score (nSPS) is 13.8. The fourth-order valence-electron chi connectivity index (χ4n) is 2.99. The maximum atomic E-state index is 12.1. The van der Waals surface area contributed by atoms with Crippen LogP contribution in [0.2, 0.25) is 0 Å². The first-order valence-corrected chi connectivity index (χ1v) is 11.1. The molecule has 4 rings (SSSR count). The largest absolute Gasteiger partial charge is 0.338 e. The fourth-order valence-corrected chi connectivity index (χ4v) is 3.50. The third-order valence-electron chi connectivity index (χ3n) is 4.82. The smallest absolute Gasteiger partial charge is 0.319 e. The van der Waals surface area contributed by atoms with Gasteiger partial charge in [-0.3, -0.25) is 5.10 Å². The molecule has 10 heteroatoms. The molecule has 1 aliphatic carbocycles. The third kappa shape index (κ3) is 5.02. The van der Waals surface area contributed by atoms with Gasteiger partial charge in [0.05, 0.1) is 4.90 Å². The van der Waals surface area contributed by atoms with Gasteiger partial charge in [-0.05, 0) is 61.2 Å². The van der Waals surface area contributed by atoms with Crippen molar-refractivity contribution in [3.05, 3.63) is 59.9 Å². The number of amides is 2. The Bertz CT molecular complexity index is 1140. The summed E-state index contributed by atoms with van der Waals surface area (Å²) in [6.07, 6.45) is 2.88. The van der Waals surface area contributed by atoms with Crippen LogP contribution in [0.1, 0.15) is 30.1 Å². The van der Waals surface area contributed by atoms with Gasteiger partial charge < -0.3 is 10.6 Å². The Morgan fingerprint density at radius 1 is 1.10 bits per heavy atom. The average molecular weight is 427 g/mol. The summed E-state index contributed by atoms with van der Waals surface area (Å²) < 4.78 is 22.5. The summed E-state index contributed by atoms with van der Waals surface area (Å²) in [7, 11) is -3.70. The second-order valence-corrected chi connectivity index (χ2v) is 8.78. The molecular formula is C20H22N6O3S. The summed E-state index contributed by atoms with van der Waals surface area (Å²) in [4.78, 5) is 16.7. The first kappa shape index (κ1) is 20.0. The van der Waals surface area contributed by atoms with Crippen molar-refractivity contribution in [3.63, 3.8) is 0 Å². The molecule has 2 aromatic carbocycles. The standard InChI is InChI=1S/C20H22N6O3S/c21-30(28,29)17-9-1-13(2-10-17)11-12-22-20(27)23-16-7-5-15(6-8-16)19-24-18(25-26-19)14-3-4-14/h1-2,5-10,14H,3-4,11-12H2,(H2,21,28,29)(H2,22,23,27)(H,24,25,26). The minimum Gasteiger partial charge on any atom is -0.338 e. The average Bonchev–Trinajstić information content (AvgIpc) is 3.45. The van der Waals surface area contributed by atoms with Gasteiger partial charge in [-0.25, -0.2) is 23.3 Å². The van der Waals surface area contributed by atoms with E-state index in [9.17, 15) is 13.2 Å². The summed E-state index contributed by atoms with van der Waals surface area (Å²) in [5.41, 5.74) is 2.43. The maximum absolute atomic E-state index is 12.1. The molecular weight excluding hydrogens is 404 g/mol. The summed E-state index contributed by atoms with van der Waals surface area (Å²) in [6.45, 7) is 0.403. The lowest BCUT2D eigenvalue weighted by molar-refractivity contribution is 0.252. The van der Waals surface area contributed by atoms with Crippen molar-refractivity contribution in [2.24, 2.45) is 5.14 Å². The maximum Gasteiger partial charge on any atom is 0.319 e. The van der Waals surface area contributed by atoms with Crippen molar-refractivity contribution in [1.82, 2.24) is 20.5 Å². The number of rotatable bonds is 7. The van der Waals surface area contributed by atoms with Crippen LogP contribution in [0.3, 0.4) is 0 Å². The number of hydrogen-bond acceptors (Lipinski definition) is 5. The van der Waals surface area contributed by atoms with Gasteiger partial charge in [-0.15, -0.1) is 0 Å². The number of H-pyrrole nitrogens is 1. The molecule has 1 heterocycles. The molecule has 5 N–H and O–H groups in total. The highest BCUT2D eigenvalue weighted by atomic mass is 32.2. The van der Waals surface area contributed by atoms with Gasteiger partial charge in [-0.1, -0.05) is 12.1 Å². The highest BCUT2D eigenvalue weighted by Gasteiger charge is 2.27. The lowest BCUT2D eigenvalue weighted by Gasteiger charge is -2.08. The summed E-state index contributed by atoms with van der Waals surface area (Å²) in [5.74, 6) is 2.11. The number of nitrogens with one attached hydrogen (secondary N) is 3. The van der Waals surface area contributed by atoms with Gasteiger partial charge in [0.25, 0.3) is 0 Å². The predicted octanol–water partition coefficient (Wildman–Crippen LogP) is 2.36. The van der Waals surface area contributed by atoms with E-state index in [1.54, 1.807) is 24.3 Å². The van der Waals surface area contributed by atoms with E-state index in [1.807, 2.05) is 12.1 Å². The van der Waals surface area contributed by atoms with E-state index in [4.69, 9.17) is 5.14 Å². The van der Waals surface area contributed by atoms with Gasteiger partial charge in [-0.2, -0.15) is 5.10 Å². The number of aromatic nitrogens is 3. The number of nitrogens with zero attached hydrogens (tertiary/aromatic N) is 2. The lowest BCUT2D eigenvalue weighted by Crippen LogP contribution is -2.30. The van der Waals surface area contributed by atoms with Gasteiger partial charge in [0.1, 0.15) is 5.82 Å². The Morgan fingerprint density at radius 3 is 2.43 bits per heavy atom. The molecule has 1 aromatic heterocycles. The number of anilines is 1. The second kappa shape index (κ2) is 8.25. The van der Waals surface area contributed by atoms with Gasteiger partial charge in [0, 0.05) is 23.7 Å². The number of hydrogen-bond donors (Lipinski definition) is 4. The predicted molar refractivity (Wildman–Crippen MR) is 112 cm³/mol. The molecule has 1 fully saturated rings. The zero-order chi connectivity index (χ0) is 21.1. The summed E-state index contributed by atoms with van der Waals surface area (Å²) in [6, 6.07) is 13.3. The Kier molecular flexibility index (Phi) is 5.51. The SMILES string of the molecule is NS(=O)(=O)c1ccc(CCNC(=O)Nc2ccc(-c3n[nH]c(C4CC4)n3)cc2)cc1. The van der Waals surface area contributed by atoms with Crippen LogP contribution >= 0.6 is 0 Å². The van der Waals surface area contributed by atoms with Crippen molar-refractivity contribution in [1.29, 1.82) is 0 Å². The number of aromatic amines is 1. The number of benzene rings is 2. The highest BCUT2D eigenvalue weighted by molar-refractivity contribution is 7.89. The molecule has 2 amide bonds. The molecule has 9 nitrogen and oxygen atoms in total. The molecule has 1 saturated carbocycles. The third-order valence-corrected chi connectivity index (χ3v) is 5.75. The summed E-state index contributed by atoms with van der Waals surface area (Å²) >= 11 is 0. The fraction of sp³-hybridized carbons (Fsp3) is 0.250. The van der Waals surface area contributed by atoms with Crippen LogP contribution in [0.25, 0.3) is 11.4 Å². The molecule has 0 saturated heterocycles. The topological polar surface area (TPSA) is 143 Å². The summed E-state index contributed by atoms with van der Waals surface area (Å²) in [5, 5.41) is 17.9. The number of carbonyl (C=O) groups excluding carboxylic acids is 1. The quantitative estimate of drug-likeness (QED) is 0.459. The number of primary sulfonamides is 1. The molecule has 30 heavy (non-hydrogen) atoms. The molecule has 0 unspecified atom stereocenters. The molecule has 0 aliphatic heterocycles. The second-order valence-electron chi connectivity index (χ2n) is 7.22. The zero-order valence-electron chi connectivity index (χ0n) is 16.1. The first-order valence-electron chi connectivity index (χ1n) is 9.58. The number of carbonyl (C=O) groups is 1. The Hall–Kier alpha value is -3.24. The van der Waals surface area contributed by atoms with E-state index in [2.05, 4.69) is 25.8 Å². The number of urea groups is 1. The van der Waals surface area contributed by atoms with Crippen molar-refractivity contribution < 1.29 is 13.2 Å². The first-order chi connectivity index (χ1) is 14.4. The van der Waals surface area contributed by atoms with Crippen molar-refractivity contribution >= 4 is 21.7 Å². The van der Waals surface area contributed by atoms with Crippen LogP contribution in [-0.4, -0.2) is 36.2 Å². The Labute approximate surface area is 174 Å². The van der Waals surface area contributed by atoms with E-state index < -0.39 is 10.0 Å². The van der Waals surface area contributed by atoms with E-state index in [-0.39, 0.29) is 10.9 Å². The van der Waals surface area contributed by atoms with Crippen molar-refractivity contribution in [3.8, 4) is 11.4 Å². The molecule has 0 radical (unpaired) electrons. The minimum atomic E-state index is -3.70. The minimum absolute atomic E-state index is 0.0641. The van der Waals surface area contributed by atoms with Gasteiger partial charge in [0.15, 0.2) is 5.82 Å². The Morgan fingerprint density at radius 2 is 1.80 bits per heavy atom. The van der Waals surface area contributed by atoms with Crippen LogP contribution in [-0.2, 0) is 16.4 Å². The molecule has 3 aromatic rings. The van der Waals surface area contributed by atoms with Crippen LogP contribution < -0.4 is 15.8 Å². The van der Waals surface area contributed by atoms with E-state index in [1.165, 1.54) is 12.1 Å². The molecule has 1 aliphatic rings. The van der Waals surface area contributed by atoms with Crippen LogP contribution in [0, 0.1) is 0 Å². The monoisotopic (exact) mass is 426 g/mol. The highest BCUT2D eigenvalue weighted by Crippen LogP contribution is 2.38. The lowest BCUT2D eigenvalue weighted by atomic mass is 10.1. The number of sulfonamides is 1. The van der Waals surface area contributed by atoms with Crippen LogP contribution in [0.15, 0.2) is 53.4 Å². The van der Waals surface area contributed by atoms with Crippen LogP contribution in [0.4, 0.5) is 10.5 Å².